The van der Waals surface area contributed by atoms with Crippen molar-refractivity contribution in [1.29, 1.82) is 0 Å². The second kappa shape index (κ2) is 7.85. The Bertz CT molecular complexity index is 812. The van der Waals surface area contributed by atoms with Crippen LogP contribution in [0.4, 0.5) is 5.69 Å². The fourth-order valence-corrected chi connectivity index (χ4v) is 3.02. The smallest absolute Gasteiger partial charge is 0.331 e. The monoisotopic (exact) mass is 359 g/mol. The quantitative estimate of drug-likeness (QED) is 0.656. The first-order chi connectivity index (χ1) is 12.1. The van der Waals surface area contributed by atoms with Gasteiger partial charge in [-0.2, -0.15) is 0 Å². The van der Waals surface area contributed by atoms with Crippen LogP contribution in [-0.4, -0.2) is 31.7 Å². The summed E-state index contributed by atoms with van der Waals surface area (Å²) in [5.74, 6) is 0.232. The highest BCUT2D eigenvalue weighted by molar-refractivity contribution is 7.11. The first kappa shape index (κ1) is 17.0. The first-order valence-electron chi connectivity index (χ1n) is 7.70. The van der Waals surface area contributed by atoms with Gasteiger partial charge < -0.3 is 19.5 Å². The standard InChI is InChI=1S/C18H17NO5S/c1-12-6-9-25-16(12)4-5-18(21)24-11-17(20)19-13-2-3-14-15(10-13)23-8-7-22-14/h2-6,9-10H,7-8,11H2,1H3,(H,19,20)/b5-4+. The minimum atomic E-state index is -0.565. The van der Waals surface area contributed by atoms with Gasteiger partial charge in [0.2, 0.25) is 0 Å². The molecule has 7 heteroatoms. The number of aryl methyl sites for hydroxylation is 1. The van der Waals surface area contributed by atoms with E-state index in [-0.39, 0.29) is 6.61 Å². The first-order valence-corrected chi connectivity index (χ1v) is 8.58. The second-order valence-electron chi connectivity index (χ2n) is 5.32. The largest absolute Gasteiger partial charge is 0.486 e. The Morgan fingerprint density at radius 3 is 2.80 bits per heavy atom. The normalized spacial score (nSPS) is 12.8. The van der Waals surface area contributed by atoms with E-state index in [1.807, 2.05) is 18.4 Å². The van der Waals surface area contributed by atoms with Crippen LogP contribution in [0.15, 0.2) is 35.7 Å². The summed E-state index contributed by atoms with van der Waals surface area (Å²) >= 11 is 1.53. The van der Waals surface area contributed by atoms with Gasteiger partial charge in [0.25, 0.3) is 5.91 Å². The number of nitrogens with one attached hydrogen (secondary N) is 1. The Labute approximate surface area is 149 Å². The number of carbonyl (C=O) groups excluding carboxylic acids is 2. The number of hydrogen-bond acceptors (Lipinski definition) is 6. The summed E-state index contributed by atoms with van der Waals surface area (Å²) in [5.41, 5.74) is 1.64. The lowest BCUT2D eigenvalue weighted by atomic mass is 10.2. The maximum Gasteiger partial charge on any atom is 0.331 e. The van der Waals surface area contributed by atoms with Gasteiger partial charge in [0, 0.05) is 22.7 Å². The number of amides is 1. The molecule has 0 unspecified atom stereocenters. The number of carbonyl (C=O) groups is 2. The molecule has 2 aromatic rings. The van der Waals surface area contributed by atoms with Gasteiger partial charge in [0.15, 0.2) is 18.1 Å². The third kappa shape index (κ3) is 4.60. The number of rotatable bonds is 5. The molecule has 0 saturated carbocycles. The van der Waals surface area contributed by atoms with E-state index in [0.29, 0.717) is 30.4 Å². The molecule has 0 spiro atoms. The molecule has 1 amide bonds. The Balaban J connectivity index is 1.48. The van der Waals surface area contributed by atoms with Crippen molar-refractivity contribution >= 4 is 35.0 Å². The van der Waals surface area contributed by atoms with Crippen LogP contribution in [0.1, 0.15) is 10.4 Å². The van der Waals surface area contributed by atoms with Crippen molar-refractivity contribution in [1.82, 2.24) is 0 Å². The number of fused-ring (bicyclic) bond motifs is 1. The van der Waals surface area contributed by atoms with Crippen molar-refractivity contribution in [2.24, 2.45) is 0 Å². The van der Waals surface area contributed by atoms with E-state index >= 15 is 0 Å². The highest BCUT2D eigenvalue weighted by Crippen LogP contribution is 2.32. The van der Waals surface area contributed by atoms with Gasteiger partial charge in [-0.15, -0.1) is 11.3 Å². The second-order valence-corrected chi connectivity index (χ2v) is 6.26. The number of thiophene rings is 1. The molecule has 0 bridgehead atoms. The van der Waals surface area contributed by atoms with Crippen molar-refractivity contribution in [3.05, 3.63) is 46.2 Å². The summed E-state index contributed by atoms with van der Waals surface area (Å²) in [4.78, 5) is 24.6. The molecule has 3 rings (SSSR count). The highest BCUT2D eigenvalue weighted by Gasteiger charge is 2.13. The van der Waals surface area contributed by atoms with Crippen molar-refractivity contribution in [2.75, 3.05) is 25.1 Å². The van der Waals surface area contributed by atoms with Crippen LogP contribution in [0, 0.1) is 6.92 Å². The molecule has 1 aliphatic rings. The zero-order chi connectivity index (χ0) is 17.6. The topological polar surface area (TPSA) is 73.9 Å². The average molecular weight is 359 g/mol. The third-order valence-electron chi connectivity index (χ3n) is 3.44. The Hall–Kier alpha value is -2.80. The Morgan fingerprint density at radius 1 is 1.24 bits per heavy atom. The molecule has 0 radical (unpaired) electrons. The summed E-state index contributed by atoms with van der Waals surface area (Å²) < 4.78 is 15.8. The van der Waals surface area contributed by atoms with E-state index in [4.69, 9.17) is 14.2 Å². The zero-order valence-electron chi connectivity index (χ0n) is 13.6. The van der Waals surface area contributed by atoms with E-state index in [2.05, 4.69) is 5.32 Å². The van der Waals surface area contributed by atoms with Gasteiger partial charge in [-0.25, -0.2) is 4.79 Å². The summed E-state index contributed by atoms with van der Waals surface area (Å²) in [6, 6.07) is 7.07. The SMILES string of the molecule is Cc1ccsc1/C=C/C(=O)OCC(=O)Nc1ccc2c(c1)OCCO2. The maximum atomic E-state index is 11.9. The minimum absolute atomic E-state index is 0.360. The van der Waals surface area contributed by atoms with E-state index in [0.717, 1.165) is 10.4 Å². The van der Waals surface area contributed by atoms with Gasteiger partial charge in [-0.1, -0.05) is 0 Å². The lowest BCUT2D eigenvalue weighted by Gasteiger charge is -2.18. The predicted octanol–water partition coefficient (Wildman–Crippen LogP) is 3.02. The molecule has 0 atom stereocenters. The predicted molar refractivity (Wildman–Crippen MR) is 95.1 cm³/mol. The molecule has 0 saturated heterocycles. The lowest BCUT2D eigenvalue weighted by molar-refractivity contribution is -0.142. The molecular formula is C18H17NO5S. The fourth-order valence-electron chi connectivity index (χ4n) is 2.20. The van der Waals surface area contributed by atoms with Crippen LogP contribution >= 0.6 is 11.3 Å². The Morgan fingerprint density at radius 2 is 2.04 bits per heavy atom. The molecule has 130 valence electrons. The van der Waals surface area contributed by atoms with E-state index in [1.165, 1.54) is 17.4 Å². The third-order valence-corrected chi connectivity index (χ3v) is 4.43. The summed E-state index contributed by atoms with van der Waals surface area (Å²) in [5, 5.41) is 4.60. The number of hydrogen-bond donors (Lipinski definition) is 1. The highest BCUT2D eigenvalue weighted by atomic mass is 32.1. The van der Waals surface area contributed by atoms with Gasteiger partial charge in [0.05, 0.1) is 0 Å². The van der Waals surface area contributed by atoms with Crippen molar-refractivity contribution in [2.45, 2.75) is 6.92 Å². The molecule has 25 heavy (non-hydrogen) atoms. The van der Waals surface area contributed by atoms with Crippen molar-refractivity contribution in [3.8, 4) is 11.5 Å². The summed E-state index contributed by atoms with van der Waals surface area (Å²) in [7, 11) is 0. The van der Waals surface area contributed by atoms with E-state index in [9.17, 15) is 9.59 Å². The maximum absolute atomic E-state index is 11.9. The van der Waals surface area contributed by atoms with Crippen LogP contribution in [0.2, 0.25) is 0 Å². The summed E-state index contributed by atoms with van der Waals surface area (Å²) in [6.07, 6.45) is 3.00. The Kier molecular flexibility index (Phi) is 5.35. The van der Waals surface area contributed by atoms with Crippen molar-refractivity contribution in [3.63, 3.8) is 0 Å². The molecule has 0 fully saturated rings. The van der Waals surface area contributed by atoms with E-state index < -0.39 is 11.9 Å². The number of anilines is 1. The molecule has 1 aromatic heterocycles. The van der Waals surface area contributed by atoms with Crippen LogP contribution < -0.4 is 14.8 Å². The molecule has 0 aliphatic carbocycles. The number of benzene rings is 1. The molecule has 1 aliphatic heterocycles. The van der Waals surface area contributed by atoms with Crippen LogP contribution in [0.25, 0.3) is 6.08 Å². The van der Waals surface area contributed by atoms with E-state index in [1.54, 1.807) is 24.3 Å². The molecule has 2 heterocycles. The van der Waals surface area contributed by atoms with Crippen molar-refractivity contribution < 1.29 is 23.8 Å². The molecule has 1 N–H and O–H groups in total. The molecular weight excluding hydrogens is 342 g/mol. The summed E-state index contributed by atoms with van der Waals surface area (Å²) in [6.45, 7) is 2.58. The van der Waals surface area contributed by atoms with Gasteiger partial charge in [-0.3, -0.25) is 4.79 Å². The minimum Gasteiger partial charge on any atom is -0.486 e. The van der Waals surface area contributed by atoms with Crippen LogP contribution in [0.3, 0.4) is 0 Å². The molecule has 6 nitrogen and oxygen atoms in total. The fraction of sp³-hybridized carbons (Fsp3) is 0.222. The lowest BCUT2D eigenvalue weighted by Crippen LogP contribution is -2.20. The average Bonchev–Trinajstić information content (AvgIpc) is 3.03. The van der Waals surface area contributed by atoms with Gasteiger partial charge >= 0.3 is 5.97 Å². The molecule has 1 aromatic carbocycles. The van der Waals surface area contributed by atoms with Crippen LogP contribution in [-0.2, 0) is 14.3 Å². The number of esters is 1. The van der Waals surface area contributed by atoms with Gasteiger partial charge in [-0.05, 0) is 42.1 Å². The zero-order valence-corrected chi connectivity index (χ0v) is 14.4. The van der Waals surface area contributed by atoms with Gasteiger partial charge in [0.1, 0.15) is 13.2 Å². The number of ether oxygens (including phenoxy) is 3. The van der Waals surface area contributed by atoms with Crippen LogP contribution in [0.5, 0.6) is 11.5 Å².